The molecule has 3 unspecified atom stereocenters. The normalized spacial score (nSPS) is 22.1. The summed E-state index contributed by atoms with van der Waals surface area (Å²) in [6, 6.07) is 5.64. The van der Waals surface area contributed by atoms with Crippen molar-refractivity contribution in [1.29, 1.82) is 0 Å². The molecule has 164 valence electrons. The van der Waals surface area contributed by atoms with Gasteiger partial charge in [-0.2, -0.15) is 0 Å². The van der Waals surface area contributed by atoms with Gasteiger partial charge >= 0.3 is 0 Å². The molecule has 0 radical (unpaired) electrons. The molecule has 1 aromatic carbocycles. The number of likely N-dealkylation sites (tertiary alicyclic amines) is 1. The number of pyridine rings is 2. The summed E-state index contributed by atoms with van der Waals surface area (Å²) in [6.07, 6.45) is 5.84. The van der Waals surface area contributed by atoms with Crippen LogP contribution in [0.15, 0.2) is 41.6 Å². The zero-order chi connectivity index (χ0) is 22.3. The average molecular weight is 462 g/mol. The molecule has 0 N–H and O–H groups in total. The number of benzene rings is 1. The first-order chi connectivity index (χ1) is 14.7. The Balaban J connectivity index is 1.75. The topological polar surface area (TPSA) is 47.4 Å². The molecule has 0 spiro atoms. The first-order valence-corrected chi connectivity index (χ1v) is 11.2. The number of aryl methyl sites for hydroxylation is 1. The van der Waals surface area contributed by atoms with Gasteiger partial charge in [0.05, 0.1) is 12.5 Å². The smallest absolute Gasteiger partial charge is 0.259 e. The third-order valence-corrected chi connectivity index (χ3v) is 7.30. The predicted molar refractivity (Wildman–Crippen MR) is 127 cm³/mol. The highest BCUT2D eigenvalue weighted by molar-refractivity contribution is 7.18. The highest BCUT2D eigenvalue weighted by Crippen LogP contribution is 2.40. The van der Waals surface area contributed by atoms with Crippen molar-refractivity contribution in [3.8, 4) is 16.9 Å². The summed E-state index contributed by atoms with van der Waals surface area (Å²) in [5.41, 5.74) is 2.44. The van der Waals surface area contributed by atoms with E-state index in [1.165, 1.54) is 0 Å². The molecule has 2 aromatic heterocycles. The second-order valence-electron chi connectivity index (χ2n) is 8.35. The second kappa shape index (κ2) is 8.50. The number of nitrogens with zero attached hydrogens (tertiary/aromatic N) is 3. The number of hydrogen-bond donors (Lipinski definition) is 0. The van der Waals surface area contributed by atoms with Crippen molar-refractivity contribution < 1.29 is 9.13 Å². The monoisotopic (exact) mass is 461 g/mol. The van der Waals surface area contributed by atoms with Gasteiger partial charge in [-0.1, -0.05) is 27.8 Å². The lowest BCUT2D eigenvalue weighted by Crippen LogP contribution is -2.46. The van der Waals surface area contributed by atoms with Gasteiger partial charge in [-0.25, -0.2) is 4.39 Å². The molecule has 1 fully saturated rings. The standard InChI is InChI=1S/C23H26ClFN3O2P/c1-14-5-7-28(13-23(14,25)31)12-19-20(24)8-15(9-21(19)30-3)18-11-27(2)22(29)17-10-26-6-4-16(17)18/h4,6,8-11,14H,5,7,12-13,31H2,1-3H3. The molecule has 3 aromatic rings. The number of halogens is 2. The summed E-state index contributed by atoms with van der Waals surface area (Å²) in [5, 5.41) is 0.597. The minimum absolute atomic E-state index is 0.000917. The van der Waals surface area contributed by atoms with Crippen molar-refractivity contribution in [2.75, 3.05) is 20.2 Å². The lowest BCUT2D eigenvalue weighted by atomic mass is 9.95. The van der Waals surface area contributed by atoms with Crippen molar-refractivity contribution >= 4 is 31.6 Å². The lowest BCUT2D eigenvalue weighted by Gasteiger charge is -2.39. The Kier molecular flexibility index (Phi) is 6.08. The molecule has 1 aliphatic heterocycles. The molecule has 5 nitrogen and oxygen atoms in total. The van der Waals surface area contributed by atoms with Gasteiger partial charge in [-0.05, 0) is 48.0 Å². The summed E-state index contributed by atoms with van der Waals surface area (Å²) < 4.78 is 22.1. The van der Waals surface area contributed by atoms with Crippen molar-refractivity contribution in [3.63, 3.8) is 0 Å². The molecule has 0 aliphatic carbocycles. The van der Waals surface area contributed by atoms with Gasteiger partial charge in [-0.3, -0.25) is 14.7 Å². The zero-order valence-electron chi connectivity index (χ0n) is 17.9. The quantitative estimate of drug-likeness (QED) is 0.531. The van der Waals surface area contributed by atoms with Crippen LogP contribution in [-0.4, -0.2) is 40.1 Å². The van der Waals surface area contributed by atoms with Crippen molar-refractivity contribution in [3.05, 3.63) is 57.7 Å². The minimum atomic E-state index is -1.31. The van der Waals surface area contributed by atoms with Crippen LogP contribution in [0.1, 0.15) is 18.9 Å². The average Bonchev–Trinajstić information content (AvgIpc) is 2.74. The van der Waals surface area contributed by atoms with Crippen molar-refractivity contribution in [2.24, 2.45) is 13.0 Å². The van der Waals surface area contributed by atoms with E-state index < -0.39 is 5.41 Å². The molecule has 1 saturated heterocycles. The predicted octanol–water partition coefficient (Wildman–Crippen LogP) is 4.65. The van der Waals surface area contributed by atoms with Gasteiger partial charge in [0.1, 0.15) is 11.2 Å². The maximum Gasteiger partial charge on any atom is 0.259 e. The molecule has 0 saturated carbocycles. The fraction of sp³-hybridized carbons (Fsp3) is 0.391. The van der Waals surface area contributed by atoms with Crippen LogP contribution in [0.2, 0.25) is 5.02 Å². The van der Waals surface area contributed by atoms with E-state index >= 15 is 0 Å². The van der Waals surface area contributed by atoms with Crippen molar-refractivity contribution in [1.82, 2.24) is 14.5 Å². The van der Waals surface area contributed by atoms with Gasteiger partial charge in [0.15, 0.2) is 0 Å². The third kappa shape index (κ3) is 4.21. The van der Waals surface area contributed by atoms with E-state index in [1.54, 1.807) is 37.3 Å². The van der Waals surface area contributed by atoms with Crippen LogP contribution in [-0.2, 0) is 13.6 Å². The fourth-order valence-corrected chi connectivity index (χ4v) is 4.89. The Labute approximate surface area is 188 Å². The van der Waals surface area contributed by atoms with Crippen LogP contribution in [0.4, 0.5) is 4.39 Å². The zero-order valence-corrected chi connectivity index (χ0v) is 19.8. The molecule has 31 heavy (non-hydrogen) atoms. The van der Waals surface area contributed by atoms with E-state index in [2.05, 4.69) is 19.1 Å². The summed E-state index contributed by atoms with van der Waals surface area (Å²) in [7, 11) is 5.69. The largest absolute Gasteiger partial charge is 0.496 e. The third-order valence-electron chi connectivity index (χ3n) is 6.22. The summed E-state index contributed by atoms with van der Waals surface area (Å²) in [4.78, 5) is 18.7. The number of alkyl halides is 1. The number of piperidine rings is 1. The Morgan fingerprint density at radius 2 is 2.16 bits per heavy atom. The molecule has 0 bridgehead atoms. The van der Waals surface area contributed by atoms with E-state index in [9.17, 15) is 9.18 Å². The Morgan fingerprint density at radius 3 is 2.87 bits per heavy atom. The SMILES string of the molecule is COc1cc(-c2cn(C)c(=O)c3cnccc23)cc(Cl)c1CN1CCC(C)C(F)(P)C1. The van der Waals surface area contributed by atoms with Gasteiger partial charge in [0.2, 0.25) is 0 Å². The molecule has 8 heteroatoms. The van der Waals surface area contributed by atoms with Gasteiger partial charge in [0.25, 0.3) is 5.56 Å². The molecule has 0 amide bonds. The van der Waals surface area contributed by atoms with Gasteiger partial charge in [0, 0.05) is 54.9 Å². The molecule has 4 rings (SSSR count). The van der Waals surface area contributed by atoms with Crippen LogP contribution in [0.5, 0.6) is 5.75 Å². The summed E-state index contributed by atoms with van der Waals surface area (Å²) in [6.45, 7) is 3.59. The lowest BCUT2D eigenvalue weighted by molar-refractivity contribution is 0.0627. The van der Waals surface area contributed by atoms with Gasteiger partial charge in [-0.15, -0.1) is 0 Å². The van der Waals surface area contributed by atoms with Crippen LogP contribution in [0, 0.1) is 5.92 Å². The molecular formula is C23H26ClFN3O2P. The van der Waals surface area contributed by atoms with E-state index in [1.807, 2.05) is 25.1 Å². The number of hydrogen-bond acceptors (Lipinski definition) is 4. The first-order valence-electron chi connectivity index (χ1n) is 10.2. The maximum absolute atomic E-state index is 14.8. The van der Waals surface area contributed by atoms with Crippen LogP contribution < -0.4 is 10.3 Å². The Bertz CT molecular complexity index is 1200. The number of methoxy groups -OCH3 is 1. The summed E-state index contributed by atoms with van der Waals surface area (Å²) >= 11 is 6.72. The van der Waals surface area contributed by atoms with E-state index in [-0.39, 0.29) is 11.5 Å². The van der Waals surface area contributed by atoms with E-state index in [0.29, 0.717) is 29.2 Å². The molecule has 3 atom stereocenters. The molecular weight excluding hydrogens is 436 g/mol. The van der Waals surface area contributed by atoms with Crippen LogP contribution in [0.3, 0.4) is 0 Å². The van der Waals surface area contributed by atoms with Crippen molar-refractivity contribution in [2.45, 2.75) is 25.3 Å². The van der Waals surface area contributed by atoms with Gasteiger partial charge < -0.3 is 9.30 Å². The number of fused-ring (bicyclic) bond motifs is 1. The Morgan fingerprint density at radius 1 is 1.39 bits per heavy atom. The Hall–Kier alpha value is -2.01. The number of rotatable bonds is 4. The van der Waals surface area contributed by atoms with Crippen LogP contribution in [0.25, 0.3) is 21.9 Å². The fourth-order valence-electron chi connectivity index (χ4n) is 4.20. The van der Waals surface area contributed by atoms with E-state index in [0.717, 1.165) is 35.0 Å². The summed E-state index contributed by atoms with van der Waals surface area (Å²) in [5.74, 6) is 0.645. The molecule has 3 heterocycles. The number of aromatic nitrogens is 2. The second-order valence-corrected chi connectivity index (χ2v) is 9.71. The molecule has 1 aliphatic rings. The minimum Gasteiger partial charge on any atom is -0.496 e. The highest BCUT2D eigenvalue weighted by atomic mass is 35.5. The van der Waals surface area contributed by atoms with E-state index in [4.69, 9.17) is 16.3 Å². The highest BCUT2D eigenvalue weighted by Gasteiger charge is 2.37. The first kappa shape index (κ1) is 22.2. The number of ether oxygens (including phenoxy) is 1. The van der Waals surface area contributed by atoms with Crippen LogP contribution >= 0.6 is 20.8 Å². The maximum atomic E-state index is 14.8.